The Hall–Kier alpha value is -2.91. The van der Waals surface area contributed by atoms with Crippen LogP contribution in [0.4, 0.5) is 18.9 Å². The van der Waals surface area contributed by atoms with Crippen molar-refractivity contribution in [3.05, 3.63) is 50.5 Å². The first-order valence-electron chi connectivity index (χ1n) is 6.56. The second-order valence-electron chi connectivity index (χ2n) is 4.48. The maximum Gasteiger partial charge on any atom is 0.343 e. The number of rotatable bonds is 6. The molecule has 0 radical (unpaired) electrons. The zero-order valence-corrected chi connectivity index (χ0v) is 12.9. The highest BCUT2D eigenvalue weighted by atomic mass is 19.2. The van der Waals surface area contributed by atoms with Crippen LogP contribution in [0.25, 0.3) is 0 Å². The first-order chi connectivity index (χ1) is 11.2. The van der Waals surface area contributed by atoms with Gasteiger partial charge in [0, 0.05) is 18.3 Å². The van der Waals surface area contributed by atoms with Gasteiger partial charge >= 0.3 is 11.7 Å². The molecule has 0 unspecified atom stereocenters. The number of carbonyl (C=O) groups excluding carboxylic acids is 2. The van der Waals surface area contributed by atoms with Crippen molar-refractivity contribution < 1.29 is 32.4 Å². The maximum atomic E-state index is 14.2. The van der Waals surface area contributed by atoms with E-state index in [-0.39, 0.29) is 6.54 Å². The molecule has 0 amide bonds. The summed E-state index contributed by atoms with van der Waals surface area (Å²) in [5, 5.41) is 13.4. The normalized spacial score (nSPS) is 11.2. The first kappa shape index (κ1) is 19.1. The quantitative estimate of drug-likeness (QED) is 0.124. The van der Waals surface area contributed by atoms with Crippen LogP contribution < -0.4 is 5.32 Å². The van der Waals surface area contributed by atoms with Gasteiger partial charge in [0.15, 0.2) is 5.82 Å². The van der Waals surface area contributed by atoms with Crippen LogP contribution in [0, 0.1) is 34.5 Å². The number of hydrogen-bond donors (Lipinski definition) is 1. The summed E-state index contributed by atoms with van der Waals surface area (Å²) >= 11 is 0. The van der Waals surface area contributed by atoms with Gasteiger partial charge in [0.05, 0.1) is 12.0 Å². The lowest BCUT2D eigenvalue weighted by atomic mass is 9.98. The van der Waals surface area contributed by atoms with Crippen molar-refractivity contribution in [2.24, 2.45) is 0 Å². The molecule has 1 N–H and O–H groups in total. The number of nitrogens with zero attached hydrogens (tertiary/aromatic N) is 1. The summed E-state index contributed by atoms with van der Waals surface area (Å²) in [6, 6.07) is 0. The molecule has 24 heavy (non-hydrogen) atoms. The van der Waals surface area contributed by atoms with Crippen molar-refractivity contribution in [2.75, 3.05) is 13.7 Å². The van der Waals surface area contributed by atoms with E-state index in [0.29, 0.717) is 0 Å². The molecule has 0 aliphatic heterocycles. The molecule has 0 bridgehead atoms. The van der Waals surface area contributed by atoms with Crippen LogP contribution in [0.5, 0.6) is 0 Å². The Kier molecular flexibility index (Phi) is 6.04. The smallest absolute Gasteiger partial charge is 0.343 e. The predicted molar refractivity (Wildman–Crippen MR) is 75.8 cm³/mol. The number of Topliss-reactive ketones (excluding diaryl/α,β-unsaturated/α-hetero) is 1. The Labute approximate surface area is 134 Å². The standard InChI is InChI=1S/C14H13F3N2O5/c1-4-18-5-7(14(21)24-3)13(20)8-9(15)6(2)10(16)11(17)12(8)19(22)23/h5,18H,4H2,1-3H3. The average Bonchev–Trinajstić information content (AvgIpc) is 2.55. The zero-order valence-electron chi connectivity index (χ0n) is 12.9. The highest BCUT2D eigenvalue weighted by Gasteiger charge is 2.37. The van der Waals surface area contributed by atoms with Gasteiger partial charge in [0.1, 0.15) is 17.0 Å². The van der Waals surface area contributed by atoms with E-state index < -0.39 is 56.5 Å². The molecule has 0 heterocycles. The van der Waals surface area contributed by atoms with Crippen molar-refractivity contribution in [3.8, 4) is 0 Å². The average molecular weight is 346 g/mol. The van der Waals surface area contributed by atoms with Crippen LogP contribution in [0.3, 0.4) is 0 Å². The lowest BCUT2D eigenvalue weighted by Crippen LogP contribution is -2.22. The number of methoxy groups -OCH3 is 1. The summed E-state index contributed by atoms with van der Waals surface area (Å²) in [4.78, 5) is 33.6. The van der Waals surface area contributed by atoms with Crippen molar-refractivity contribution in [2.45, 2.75) is 13.8 Å². The van der Waals surface area contributed by atoms with E-state index in [1.165, 1.54) is 0 Å². The van der Waals surface area contributed by atoms with E-state index in [2.05, 4.69) is 10.1 Å². The fraction of sp³-hybridized carbons (Fsp3) is 0.286. The third-order valence-corrected chi connectivity index (χ3v) is 3.03. The largest absolute Gasteiger partial charge is 0.465 e. The summed E-state index contributed by atoms with van der Waals surface area (Å²) in [6.07, 6.45) is 0.855. The van der Waals surface area contributed by atoms with Crippen molar-refractivity contribution in [1.82, 2.24) is 5.32 Å². The lowest BCUT2D eigenvalue weighted by Gasteiger charge is -2.10. The first-order valence-corrected chi connectivity index (χ1v) is 6.56. The third-order valence-electron chi connectivity index (χ3n) is 3.03. The van der Waals surface area contributed by atoms with Crippen molar-refractivity contribution >= 4 is 17.4 Å². The minimum Gasteiger partial charge on any atom is -0.465 e. The molecule has 7 nitrogen and oxygen atoms in total. The molecule has 0 spiro atoms. The number of nitro benzene ring substituents is 1. The SMILES string of the molecule is CCNC=C(C(=O)OC)C(=O)c1c(F)c(C)c(F)c(F)c1[N+](=O)[O-]. The zero-order chi connectivity index (χ0) is 18.6. The van der Waals surface area contributed by atoms with Gasteiger partial charge in [-0.1, -0.05) is 0 Å². The maximum absolute atomic E-state index is 14.2. The topological polar surface area (TPSA) is 98.5 Å². The van der Waals surface area contributed by atoms with E-state index in [4.69, 9.17) is 0 Å². The number of benzene rings is 1. The van der Waals surface area contributed by atoms with Crippen molar-refractivity contribution in [3.63, 3.8) is 0 Å². The fourth-order valence-electron chi connectivity index (χ4n) is 1.81. The van der Waals surface area contributed by atoms with Crippen LogP contribution in [0.1, 0.15) is 22.8 Å². The van der Waals surface area contributed by atoms with Crippen LogP contribution in [0.2, 0.25) is 0 Å². The molecule has 0 aliphatic rings. The molecule has 0 aromatic heterocycles. The summed E-state index contributed by atoms with van der Waals surface area (Å²) in [5.41, 5.74) is -4.77. The molecule has 10 heteroatoms. The highest BCUT2D eigenvalue weighted by molar-refractivity contribution is 6.25. The van der Waals surface area contributed by atoms with E-state index >= 15 is 0 Å². The molecule has 1 aromatic rings. The molecule has 0 aliphatic carbocycles. The molecule has 0 fully saturated rings. The minimum absolute atomic E-state index is 0.259. The summed E-state index contributed by atoms with van der Waals surface area (Å²) in [6.45, 7) is 2.68. The Morgan fingerprint density at radius 3 is 2.29 bits per heavy atom. The number of carbonyl (C=O) groups is 2. The van der Waals surface area contributed by atoms with Crippen LogP contribution in [0.15, 0.2) is 11.8 Å². The summed E-state index contributed by atoms with van der Waals surface area (Å²) < 4.78 is 45.9. The Bertz CT molecular complexity index is 747. The van der Waals surface area contributed by atoms with Gasteiger partial charge in [-0.05, 0) is 13.8 Å². The van der Waals surface area contributed by atoms with Crippen molar-refractivity contribution in [1.29, 1.82) is 0 Å². The van der Waals surface area contributed by atoms with Crippen LogP contribution >= 0.6 is 0 Å². The number of ketones is 1. The fourth-order valence-corrected chi connectivity index (χ4v) is 1.81. The summed E-state index contributed by atoms with van der Waals surface area (Å²) in [5.74, 6) is -8.14. The van der Waals surface area contributed by atoms with Gasteiger partial charge in [0.2, 0.25) is 11.6 Å². The van der Waals surface area contributed by atoms with Gasteiger partial charge in [-0.3, -0.25) is 14.9 Å². The molecule has 0 atom stereocenters. The highest BCUT2D eigenvalue weighted by Crippen LogP contribution is 2.32. The van der Waals surface area contributed by atoms with Gasteiger partial charge in [-0.2, -0.15) is 4.39 Å². The van der Waals surface area contributed by atoms with E-state index in [9.17, 15) is 32.9 Å². The predicted octanol–water partition coefficient (Wildman–Crippen LogP) is 2.17. The number of hydrogen-bond acceptors (Lipinski definition) is 6. The molecule has 0 saturated heterocycles. The Morgan fingerprint density at radius 1 is 1.25 bits per heavy atom. The van der Waals surface area contributed by atoms with Gasteiger partial charge in [0.25, 0.3) is 0 Å². The van der Waals surface area contributed by atoms with E-state index in [1.807, 2.05) is 0 Å². The monoisotopic (exact) mass is 346 g/mol. The molecule has 130 valence electrons. The summed E-state index contributed by atoms with van der Waals surface area (Å²) in [7, 11) is 0.927. The number of ether oxygens (including phenoxy) is 1. The van der Waals surface area contributed by atoms with E-state index in [1.54, 1.807) is 6.92 Å². The number of halogens is 3. The molecule has 1 rings (SSSR count). The Morgan fingerprint density at radius 2 is 1.83 bits per heavy atom. The molecular weight excluding hydrogens is 333 g/mol. The van der Waals surface area contributed by atoms with E-state index in [0.717, 1.165) is 20.2 Å². The number of nitro groups is 1. The van der Waals surface area contributed by atoms with Gasteiger partial charge in [-0.25, -0.2) is 13.6 Å². The molecular formula is C14H13F3N2O5. The lowest BCUT2D eigenvalue weighted by molar-refractivity contribution is -0.388. The number of esters is 1. The third kappa shape index (κ3) is 3.36. The van der Waals surface area contributed by atoms with Gasteiger partial charge < -0.3 is 10.1 Å². The molecule has 0 saturated carbocycles. The van der Waals surface area contributed by atoms with Crippen LogP contribution in [-0.2, 0) is 9.53 Å². The Balaban J connectivity index is 3.73. The van der Waals surface area contributed by atoms with Gasteiger partial charge in [-0.15, -0.1) is 0 Å². The number of nitrogens with one attached hydrogen (secondary N) is 1. The molecule has 1 aromatic carbocycles. The van der Waals surface area contributed by atoms with Crippen LogP contribution in [-0.4, -0.2) is 30.3 Å². The second kappa shape index (κ2) is 7.57. The second-order valence-corrected chi connectivity index (χ2v) is 4.48. The minimum atomic E-state index is -1.99.